The SMILES string of the molecule is O=C(C[C@H]1CCC[C@@H](C(=O)O)C1)c1cccc(Br)c1. The van der Waals surface area contributed by atoms with Gasteiger partial charge in [-0.05, 0) is 37.3 Å². The molecule has 1 aromatic carbocycles. The summed E-state index contributed by atoms with van der Waals surface area (Å²) in [4.78, 5) is 23.2. The number of carboxylic acids is 1. The van der Waals surface area contributed by atoms with Gasteiger partial charge in [0.05, 0.1) is 5.92 Å². The molecule has 0 spiro atoms. The minimum atomic E-state index is -0.723. The van der Waals surface area contributed by atoms with Crippen molar-refractivity contribution in [1.29, 1.82) is 0 Å². The second kappa shape index (κ2) is 6.33. The molecule has 1 aliphatic carbocycles. The highest BCUT2D eigenvalue weighted by atomic mass is 79.9. The van der Waals surface area contributed by atoms with Crippen LogP contribution in [-0.2, 0) is 4.79 Å². The van der Waals surface area contributed by atoms with E-state index in [1.807, 2.05) is 24.3 Å². The molecule has 0 bridgehead atoms. The van der Waals surface area contributed by atoms with Crippen LogP contribution in [0.1, 0.15) is 42.5 Å². The highest BCUT2D eigenvalue weighted by Crippen LogP contribution is 2.32. The first kappa shape index (κ1) is 14.3. The summed E-state index contributed by atoms with van der Waals surface area (Å²) in [5.41, 5.74) is 0.701. The Bertz CT molecular complexity index is 484. The van der Waals surface area contributed by atoms with Crippen molar-refractivity contribution in [3.63, 3.8) is 0 Å². The number of carbonyl (C=O) groups is 2. The van der Waals surface area contributed by atoms with Gasteiger partial charge in [-0.3, -0.25) is 9.59 Å². The average Bonchev–Trinajstić information content (AvgIpc) is 2.39. The van der Waals surface area contributed by atoms with Crippen molar-refractivity contribution >= 4 is 27.7 Å². The standard InChI is InChI=1S/C15H17BrO3/c16-13-6-2-4-11(9-13)14(17)8-10-3-1-5-12(7-10)15(18)19/h2,4,6,9-10,12H,1,3,5,7-8H2,(H,18,19)/t10-,12+/m0/s1. The third-order valence-corrected chi connectivity index (χ3v) is 4.25. The lowest BCUT2D eigenvalue weighted by Crippen LogP contribution is -2.24. The Balaban J connectivity index is 1.97. The molecule has 4 heteroatoms. The van der Waals surface area contributed by atoms with Gasteiger partial charge in [-0.1, -0.05) is 34.5 Å². The highest BCUT2D eigenvalue weighted by molar-refractivity contribution is 9.10. The Labute approximate surface area is 121 Å². The number of aliphatic carboxylic acids is 1. The van der Waals surface area contributed by atoms with Gasteiger partial charge in [0, 0.05) is 16.5 Å². The smallest absolute Gasteiger partial charge is 0.306 e. The van der Waals surface area contributed by atoms with Crippen molar-refractivity contribution in [1.82, 2.24) is 0 Å². The first-order valence-corrected chi connectivity index (χ1v) is 7.37. The predicted molar refractivity (Wildman–Crippen MR) is 76.2 cm³/mol. The van der Waals surface area contributed by atoms with E-state index in [4.69, 9.17) is 5.11 Å². The van der Waals surface area contributed by atoms with Crippen LogP contribution in [0.2, 0.25) is 0 Å². The number of carboxylic acid groups (broad SMARTS) is 1. The molecule has 19 heavy (non-hydrogen) atoms. The van der Waals surface area contributed by atoms with E-state index in [9.17, 15) is 9.59 Å². The van der Waals surface area contributed by atoms with E-state index >= 15 is 0 Å². The van der Waals surface area contributed by atoms with Crippen molar-refractivity contribution in [2.24, 2.45) is 11.8 Å². The fourth-order valence-electron chi connectivity index (χ4n) is 2.74. The maximum Gasteiger partial charge on any atom is 0.306 e. The zero-order chi connectivity index (χ0) is 13.8. The van der Waals surface area contributed by atoms with E-state index in [1.165, 1.54) is 0 Å². The Morgan fingerprint density at radius 3 is 2.79 bits per heavy atom. The summed E-state index contributed by atoms with van der Waals surface area (Å²) in [6.07, 6.45) is 3.71. The van der Waals surface area contributed by atoms with Crippen molar-refractivity contribution in [3.05, 3.63) is 34.3 Å². The molecule has 0 radical (unpaired) electrons. The number of rotatable bonds is 4. The Morgan fingerprint density at radius 2 is 2.11 bits per heavy atom. The lowest BCUT2D eigenvalue weighted by atomic mass is 9.78. The maximum atomic E-state index is 12.2. The summed E-state index contributed by atoms with van der Waals surface area (Å²) in [5, 5.41) is 9.05. The number of hydrogen-bond donors (Lipinski definition) is 1. The predicted octanol–water partition coefficient (Wildman–Crippen LogP) is 3.91. The van der Waals surface area contributed by atoms with Gasteiger partial charge in [0.2, 0.25) is 0 Å². The van der Waals surface area contributed by atoms with Crippen LogP contribution in [0.3, 0.4) is 0 Å². The van der Waals surface area contributed by atoms with Gasteiger partial charge in [0.15, 0.2) is 5.78 Å². The number of benzene rings is 1. The molecule has 0 aliphatic heterocycles. The van der Waals surface area contributed by atoms with Crippen LogP contribution in [0, 0.1) is 11.8 Å². The lowest BCUT2D eigenvalue weighted by Gasteiger charge is -2.26. The third-order valence-electron chi connectivity index (χ3n) is 3.75. The number of Topliss-reactive ketones (excluding diaryl/α,β-unsaturated/α-hetero) is 1. The summed E-state index contributed by atoms with van der Waals surface area (Å²) >= 11 is 3.35. The summed E-state index contributed by atoms with van der Waals surface area (Å²) in [6.45, 7) is 0. The molecule has 0 heterocycles. The van der Waals surface area contributed by atoms with Gasteiger partial charge in [-0.2, -0.15) is 0 Å². The van der Waals surface area contributed by atoms with Crippen molar-refractivity contribution in [2.75, 3.05) is 0 Å². The molecule has 1 aliphatic rings. The number of hydrogen-bond acceptors (Lipinski definition) is 2. The number of carbonyl (C=O) groups excluding carboxylic acids is 1. The first-order chi connectivity index (χ1) is 9.06. The van der Waals surface area contributed by atoms with E-state index in [0.717, 1.165) is 23.7 Å². The topological polar surface area (TPSA) is 54.4 Å². The van der Waals surface area contributed by atoms with Crippen molar-refractivity contribution < 1.29 is 14.7 Å². The second-order valence-electron chi connectivity index (χ2n) is 5.21. The molecule has 102 valence electrons. The van der Waals surface area contributed by atoms with Crippen LogP contribution in [0.5, 0.6) is 0 Å². The molecule has 1 saturated carbocycles. The number of halogens is 1. The molecule has 3 nitrogen and oxygen atoms in total. The monoisotopic (exact) mass is 324 g/mol. The molecule has 0 amide bonds. The van der Waals surface area contributed by atoms with E-state index in [0.29, 0.717) is 18.4 Å². The van der Waals surface area contributed by atoms with Crippen LogP contribution >= 0.6 is 15.9 Å². The molecule has 1 fully saturated rings. The largest absolute Gasteiger partial charge is 0.481 e. The van der Waals surface area contributed by atoms with Gasteiger partial charge in [-0.25, -0.2) is 0 Å². The van der Waals surface area contributed by atoms with Crippen LogP contribution < -0.4 is 0 Å². The Kier molecular flexibility index (Phi) is 4.75. The lowest BCUT2D eigenvalue weighted by molar-refractivity contribution is -0.143. The molecule has 0 aromatic heterocycles. The van der Waals surface area contributed by atoms with E-state index in [-0.39, 0.29) is 17.6 Å². The van der Waals surface area contributed by atoms with Gasteiger partial charge in [-0.15, -0.1) is 0 Å². The van der Waals surface area contributed by atoms with E-state index in [1.54, 1.807) is 0 Å². The second-order valence-corrected chi connectivity index (χ2v) is 6.12. The van der Waals surface area contributed by atoms with E-state index in [2.05, 4.69) is 15.9 Å². The van der Waals surface area contributed by atoms with Crippen molar-refractivity contribution in [3.8, 4) is 0 Å². The van der Waals surface area contributed by atoms with Crippen LogP contribution in [-0.4, -0.2) is 16.9 Å². The first-order valence-electron chi connectivity index (χ1n) is 6.58. The molecule has 0 unspecified atom stereocenters. The average molecular weight is 325 g/mol. The minimum Gasteiger partial charge on any atom is -0.481 e. The van der Waals surface area contributed by atoms with Gasteiger partial charge >= 0.3 is 5.97 Å². The Hall–Kier alpha value is -1.16. The molecule has 2 atom stereocenters. The normalized spacial score (nSPS) is 23.0. The van der Waals surface area contributed by atoms with Gasteiger partial charge in [0.25, 0.3) is 0 Å². The summed E-state index contributed by atoms with van der Waals surface area (Å²) < 4.78 is 0.894. The van der Waals surface area contributed by atoms with Crippen LogP contribution in [0.25, 0.3) is 0 Å². The van der Waals surface area contributed by atoms with Gasteiger partial charge < -0.3 is 5.11 Å². The molecule has 1 N–H and O–H groups in total. The Morgan fingerprint density at radius 1 is 1.32 bits per heavy atom. The van der Waals surface area contributed by atoms with Crippen LogP contribution in [0.4, 0.5) is 0 Å². The molecule has 1 aromatic rings. The zero-order valence-electron chi connectivity index (χ0n) is 10.6. The summed E-state index contributed by atoms with van der Waals surface area (Å²) in [6, 6.07) is 7.36. The fourth-order valence-corrected chi connectivity index (χ4v) is 3.14. The summed E-state index contributed by atoms with van der Waals surface area (Å²) in [7, 11) is 0. The van der Waals surface area contributed by atoms with Crippen molar-refractivity contribution in [2.45, 2.75) is 32.1 Å². The van der Waals surface area contributed by atoms with Gasteiger partial charge in [0.1, 0.15) is 0 Å². The third kappa shape index (κ3) is 3.90. The summed E-state index contributed by atoms with van der Waals surface area (Å²) in [5.74, 6) is -0.674. The number of ketones is 1. The van der Waals surface area contributed by atoms with E-state index < -0.39 is 5.97 Å². The molecular formula is C15H17BrO3. The minimum absolute atomic E-state index is 0.109. The molecular weight excluding hydrogens is 308 g/mol. The zero-order valence-corrected chi connectivity index (χ0v) is 12.2. The maximum absolute atomic E-state index is 12.2. The molecule has 2 rings (SSSR count). The highest BCUT2D eigenvalue weighted by Gasteiger charge is 2.28. The molecule has 0 saturated heterocycles. The fraction of sp³-hybridized carbons (Fsp3) is 0.467. The van der Waals surface area contributed by atoms with Crippen LogP contribution in [0.15, 0.2) is 28.7 Å². The quantitative estimate of drug-likeness (QED) is 0.854.